The number of hydrogen-bond acceptors (Lipinski definition) is 4. The van der Waals surface area contributed by atoms with Gasteiger partial charge in [0.15, 0.2) is 0 Å². The first-order valence-electron chi connectivity index (χ1n) is 2.52. The van der Waals surface area contributed by atoms with Gasteiger partial charge in [-0.25, -0.2) is 0 Å². The third-order valence-electron chi connectivity index (χ3n) is 0. The van der Waals surface area contributed by atoms with Crippen LogP contribution in [-0.4, -0.2) is 21.4 Å². The maximum Gasteiger partial charge on any atom is 2.00 e. The molecule has 0 aliphatic rings. The van der Waals surface area contributed by atoms with Crippen LogP contribution in [0.4, 0.5) is 0 Å². The van der Waals surface area contributed by atoms with Crippen molar-refractivity contribution < 1.29 is 20.4 Å². The summed E-state index contributed by atoms with van der Waals surface area (Å²) in [6, 6.07) is 0. The summed E-state index contributed by atoms with van der Waals surface area (Å²) in [7, 11) is 15.8. The summed E-state index contributed by atoms with van der Waals surface area (Å²) in [5, 5.41) is 0. The van der Waals surface area contributed by atoms with E-state index < -0.39 is 21.4 Å². The van der Waals surface area contributed by atoms with Crippen molar-refractivity contribution in [2.45, 2.75) is 22.8 Å². The normalized spacial score (nSPS) is 10.7. The summed E-state index contributed by atoms with van der Waals surface area (Å²) in [5.74, 6) is 0. The fraction of sp³-hybridized carbons (Fsp3) is 1.00. The van der Waals surface area contributed by atoms with E-state index in [0.717, 1.165) is 0 Å². The standard InChI is InChI=1S/2C2H7AsS2.Pd/c2*1-3(2,4)5;/h2*1-2H3,(H,4,5);/q;;+2/p-2. The van der Waals surface area contributed by atoms with E-state index in [-0.39, 0.29) is 20.4 Å². The maximum atomic E-state index is 4.81. The van der Waals surface area contributed by atoms with Gasteiger partial charge in [-0.15, -0.1) is 0 Å². The zero-order valence-electron chi connectivity index (χ0n) is 6.84. The van der Waals surface area contributed by atoms with Gasteiger partial charge in [0.05, 0.1) is 0 Å². The minimum atomic E-state index is -1.71. The molecular weight excluding hydrogens is 433 g/mol. The van der Waals surface area contributed by atoms with Crippen molar-refractivity contribution in [1.29, 1.82) is 0 Å². The molecule has 0 rings (SSSR count). The Morgan fingerprint density at radius 2 is 0.818 bits per heavy atom. The van der Waals surface area contributed by atoms with Crippen LogP contribution in [0.2, 0.25) is 22.8 Å². The smallest absolute Gasteiger partial charge is 2.00 e. The maximum absolute atomic E-state index is 4.81. The van der Waals surface area contributed by atoms with E-state index in [1.807, 2.05) is 22.8 Å². The Morgan fingerprint density at radius 1 is 0.818 bits per heavy atom. The molecule has 0 bridgehead atoms. The van der Waals surface area contributed by atoms with Crippen LogP contribution in [0.25, 0.3) is 0 Å². The molecule has 0 radical (unpaired) electrons. The average molecular weight is 445 g/mol. The molecule has 0 unspecified atom stereocenters. The van der Waals surface area contributed by atoms with E-state index in [1.54, 1.807) is 0 Å². The van der Waals surface area contributed by atoms with Gasteiger partial charge in [0.25, 0.3) is 0 Å². The molecule has 0 saturated heterocycles. The Bertz CT molecular complexity index is 132. The van der Waals surface area contributed by atoms with Crippen LogP contribution in [0.3, 0.4) is 0 Å². The molecule has 0 aromatic heterocycles. The second-order valence-corrected chi connectivity index (χ2v) is 34.4. The summed E-state index contributed by atoms with van der Waals surface area (Å²) in [4.78, 5) is 0. The Balaban J connectivity index is -0.000000107. The van der Waals surface area contributed by atoms with Gasteiger partial charge in [0.1, 0.15) is 0 Å². The molecule has 0 amide bonds. The van der Waals surface area contributed by atoms with Gasteiger partial charge in [0.2, 0.25) is 0 Å². The first-order chi connectivity index (χ1) is 4.00. The summed E-state index contributed by atoms with van der Waals surface area (Å²) < 4.78 is 0. The van der Waals surface area contributed by atoms with Crippen molar-refractivity contribution in [2.24, 2.45) is 0 Å². The summed E-state index contributed by atoms with van der Waals surface area (Å²) in [6.07, 6.45) is 0. The van der Waals surface area contributed by atoms with Gasteiger partial charge >= 0.3 is 107 Å². The molecule has 0 aliphatic heterocycles. The topological polar surface area (TPSA) is 0 Å². The van der Waals surface area contributed by atoms with E-state index in [1.165, 1.54) is 0 Å². The van der Waals surface area contributed by atoms with Gasteiger partial charge in [0, 0.05) is 0 Å². The minimum absolute atomic E-state index is 0. The molecule has 0 spiro atoms. The molecule has 7 heteroatoms. The molecule has 72 valence electrons. The van der Waals surface area contributed by atoms with E-state index >= 15 is 0 Å². The van der Waals surface area contributed by atoms with Crippen LogP contribution in [0.5, 0.6) is 0 Å². The molecule has 0 nitrogen and oxygen atoms in total. The molecule has 0 heterocycles. The van der Waals surface area contributed by atoms with Crippen LogP contribution < -0.4 is 0 Å². The molecule has 0 atom stereocenters. The minimum Gasteiger partial charge on any atom is 2.00 e. The second-order valence-electron chi connectivity index (χ2n) is 2.50. The molecule has 0 aliphatic carbocycles. The average Bonchev–Trinajstić information content (AvgIpc) is 1.12. The largest absolute Gasteiger partial charge is 2.00 e. The van der Waals surface area contributed by atoms with E-state index in [9.17, 15) is 0 Å². The van der Waals surface area contributed by atoms with Crippen molar-refractivity contribution in [3.8, 4) is 0 Å². The summed E-state index contributed by atoms with van der Waals surface area (Å²) in [5.41, 5.74) is 7.96. The summed E-state index contributed by atoms with van der Waals surface area (Å²) >= 11 is 0. The molecule has 0 fully saturated rings. The first kappa shape index (κ1) is 19.5. The van der Waals surface area contributed by atoms with Crippen molar-refractivity contribution in [2.75, 3.05) is 0 Å². The van der Waals surface area contributed by atoms with Gasteiger partial charge in [-0.3, -0.25) is 0 Å². The van der Waals surface area contributed by atoms with Crippen molar-refractivity contribution >= 4 is 64.0 Å². The quantitative estimate of drug-likeness (QED) is 0.416. The Labute approximate surface area is 106 Å². The zero-order valence-corrected chi connectivity index (χ0v) is 15.4. The van der Waals surface area contributed by atoms with Crippen LogP contribution in [0, 0.1) is 0 Å². The van der Waals surface area contributed by atoms with Crippen LogP contribution in [0.1, 0.15) is 0 Å². The Hall–Kier alpha value is 2.92. The Kier molecular flexibility index (Phi) is 14.6. The third-order valence-corrected chi connectivity index (χ3v) is 0. The van der Waals surface area contributed by atoms with Gasteiger partial charge in [-0.05, 0) is 0 Å². The molecule has 0 aromatic rings. The fourth-order valence-electron chi connectivity index (χ4n) is 0. The van der Waals surface area contributed by atoms with Crippen molar-refractivity contribution in [3.05, 3.63) is 0 Å². The molecular formula is C4H12As2PdS4. The van der Waals surface area contributed by atoms with Crippen molar-refractivity contribution in [3.63, 3.8) is 0 Å². The zero-order chi connectivity index (χ0) is 9.00. The fourth-order valence-corrected chi connectivity index (χ4v) is 0. The molecule has 0 aromatic carbocycles. The SMILES string of the molecule is C[As](C)(=S)[S-].C[As](C)(=S)[S-].[Pd+2]. The van der Waals surface area contributed by atoms with E-state index in [4.69, 9.17) is 42.6 Å². The Morgan fingerprint density at radius 3 is 0.818 bits per heavy atom. The third kappa shape index (κ3) is 181. The molecule has 0 saturated carbocycles. The van der Waals surface area contributed by atoms with Crippen molar-refractivity contribution in [1.82, 2.24) is 0 Å². The summed E-state index contributed by atoms with van der Waals surface area (Å²) in [6.45, 7) is 0. The van der Waals surface area contributed by atoms with Gasteiger partial charge in [-0.1, -0.05) is 0 Å². The predicted molar refractivity (Wildman–Crippen MR) is 64.9 cm³/mol. The number of rotatable bonds is 0. The monoisotopic (exact) mass is 444 g/mol. The second kappa shape index (κ2) is 8.25. The van der Waals surface area contributed by atoms with Crippen LogP contribution in [-0.2, 0) is 42.2 Å². The molecule has 11 heavy (non-hydrogen) atoms. The first-order valence-corrected chi connectivity index (χ1v) is 20.7. The number of hydrogen-bond donors (Lipinski definition) is 0. The van der Waals surface area contributed by atoms with Crippen LogP contribution >= 0.6 is 20.8 Å². The molecule has 0 N–H and O–H groups in total. The van der Waals surface area contributed by atoms with Gasteiger partial charge < -0.3 is 0 Å². The van der Waals surface area contributed by atoms with Crippen LogP contribution in [0.15, 0.2) is 0 Å². The van der Waals surface area contributed by atoms with Gasteiger partial charge in [-0.2, -0.15) is 0 Å². The predicted octanol–water partition coefficient (Wildman–Crippen LogP) is 2.86. The van der Waals surface area contributed by atoms with E-state index in [2.05, 4.69) is 0 Å². The van der Waals surface area contributed by atoms with E-state index in [0.29, 0.717) is 0 Å².